The smallest absolute Gasteiger partial charge is 0.241 e. The highest BCUT2D eigenvalue weighted by atomic mass is 35.5. The topological polar surface area (TPSA) is 99.9 Å². The van der Waals surface area contributed by atoms with Crippen LogP contribution in [0.4, 0.5) is 0 Å². The van der Waals surface area contributed by atoms with Crippen LogP contribution in [0.25, 0.3) is 0 Å². The molecular weight excluding hydrogens is 443 g/mol. The molecule has 0 spiro atoms. The van der Waals surface area contributed by atoms with Gasteiger partial charge in [0.15, 0.2) is 28.9 Å². The Hall–Kier alpha value is -1.47. The zero-order valence-corrected chi connectivity index (χ0v) is 18.5. The number of halogens is 1. The zero-order chi connectivity index (χ0) is 20.6. The number of sulfonamides is 1. The van der Waals surface area contributed by atoms with E-state index < -0.39 is 10.0 Å². The Bertz CT molecular complexity index is 883. The Kier molecular flexibility index (Phi) is 13.1. The predicted octanol–water partition coefficient (Wildman–Crippen LogP) is 1.58. The molecule has 0 bridgehead atoms. The van der Waals surface area contributed by atoms with E-state index in [1.807, 2.05) is 44.2 Å². The van der Waals surface area contributed by atoms with Gasteiger partial charge in [-0.3, -0.25) is 0 Å². The van der Waals surface area contributed by atoms with Crippen LogP contribution in [0.15, 0.2) is 47.4 Å². The van der Waals surface area contributed by atoms with Crippen molar-refractivity contribution in [2.24, 2.45) is 5.14 Å². The van der Waals surface area contributed by atoms with E-state index in [-0.39, 0.29) is 46.5 Å². The molecule has 2 aromatic carbocycles. The van der Waals surface area contributed by atoms with Gasteiger partial charge >= 0.3 is 0 Å². The Morgan fingerprint density at radius 1 is 1.07 bits per heavy atom. The van der Waals surface area contributed by atoms with Crippen LogP contribution < -0.4 is 24.7 Å². The summed E-state index contributed by atoms with van der Waals surface area (Å²) < 4.78 is 39.9. The SMILES string of the molecule is CCOc1ccccc1OCCN[C@H](C)Cc1ccc(OC)c(S(N)(=O)=O)c1.Cl.[AlH3]. The lowest BCUT2D eigenvalue weighted by atomic mass is 10.1. The van der Waals surface area contributed by atoms with Crippen molar-refractivity contribution in [3.8, 4) is 17.2 Å². The maximum atomic E-state index is 11.7. The molecule has 0 aliphatic heterocycles. The van der Waals surface area contributed by atoms with Gasteiger partial charge in [-0.1, -0.05) is 18.2 Å². The fraction of sp³-hybridized carbons (Fsp3) is 0.400. The monoisotopic (exact) mass is 474 g/mol. The molecular formula is C20H32AlClN2O5S. The lowest BCUT2D eigenvalue weighted by Gasteiger charge is -2.16. The average Bonchev–Trinajstić information content (AvgIpc) is 2.66. The van der Waals surface area contributed by atoms with Crippen molar-refractivity contribution in [1.82, 2.24) is 5.32 Å². The molecule has 10 heteroatoms. The summed E-state index contributed by atoms with van der Waals surface area (Å²) in [6.45, 7) is 5.66. The fourth-order valence-electron chi connectivity index (χ4n) is 2.81. The summed E-state index contributed by atoms with van der Waals surface area (Å²) in [7, 11) is -2.43. The molecule has 0 aliphatic rings. The van der Waals surface area contributed by atoms with Gasteiger partial charge in [0.1, 0.15) is 17.3 Å². The summed E-state index contributed by atoms with van der Waals surface area (Å²) in [4.78, 5) is -0.00411. The number of hydrogen-bond acceptors (Lipinski definition) is 6. The normalized spacial score (nSPS) is 11.6. The van der Waals surface area contributed by atoms with Crippen molar-refractivity contribution in [3.63, 3.8) is 0 Å². The van der Waals surface area contributed by atoms with Crippen LogP contribution in [0.1, 0.15) is 19.4 Å². The molecule has 30 heavy (non-hydrogen) atoms. The highest BCUT2D eigenvalue weighted by Gasteiger charge is 2.16. The van der Waals surface area contributed by atoms with E-state index in [0.29, 0.717) is 31.9 Å². The molecule has 2 aromatic rings. The third-order valence-corrected chi connectivity index (χ3v) is 5.01. The quantitative estimate of drug-likeness (QED) is 0.379. The van der Waals surface area contributed by atoms with Gasteiger partial charge in [0.05, 0.1) is 13.7 Å². The van der Waals surface area contributed by atoms with Crippen LogP contribution in [0, 0.1) is 0 Å². The van der Waals surface area contributed by atoms with Crippen LogP contribution in [0.2, 0.25) is 0 Å². The number of nitrogens with two attached hydrogens (primary N) is 1. The summed E-state index contributed by atoms with van der Waals surface area (Å²) >= 11 is 0. The third kappa shape index (κ3) is 8.72. The first-order chi connectivity index (χ1) is 13.3. The van der Waals surface area contributed by atoms with Gasteiger partial charge in [-0.05, 0) is 50.1 Å². The van der Waals surface area contributed by atoms with E-state index in [2.05, 4.69) is 5.32 Å². The van der Waals surface area contributed by atoms with Gasteiger partial charge in [-0.15, -0.1) is 12.4 Å². The maximum absolute atomic E-state index is 11.7. The van der Waals surface area contributed by atoms with E-state index in [9.17, 15) is 8.42 Å². The largest absolute Gasteiger partial charge is 0.495 e. The van der Waals surface area contributed by atoms with Gasteiger partial charge in [0, 0.05) is 12.6 Å². The van der Waals surface area contributed by atoms with Crippen molar-refractivity contribution >= 4 is 39.8 Å². The predicted molar refractivity (Wildman–Crippen MR) is 126 cm³/mol. The second-order valence-electron chi connectivity index (χ2n) is 6.32. The standard InChI is InChI=1S/C20H28N2O5S.Al.ClH.3H/c1-4-26-17-7-5-6-8-18(17)27-12-11-22-15(2)13-16-9-10-19(25-3)20(14-16)28(21,23)24;;;;;/h5-10,14-15,22H,4,11-13H2,1-3H3,(H2,21,23,24);;1H;;;/t15-;;;;;/m1...../s1. The number of hydrogen-bond donors (Lipinski definition) is 2. The van der Waals surface area contributed by atoms with Crippen molar-refractivity contribution in [2.75, 3.05) is 26.9 Å². The summed E-state index contributed by atoms with van der Waals surface area (Å²) in [5, 5.41) is 8.63. The molecule has 1 atom stereocenters. The summed E-state index contributed by atoms with van der Waals surface area (Å²) in [6.07, 6.45) is 0.641. The second kappa shape index (κ2) is 13.8. The van der Waals surface area contributed by atoms with Crippen LogP contribution in [0.3, 0.4) is 0 Å². The minimum Gasteiger partial charge on any atom is -0.495 e. The number of rotatable bonds is 11. The fourth-order valence-corrected chi connectivity index (χ4v) is 3.55. The molecule has 0 radical (unpaired) electrons. The molecule has 3 N–H and O–H groups in total. The Balaban J connectivity index is 0.00000420. The number of benzene rings is 2. The van der Waals surface area contributed by atoms with Crippen molar-refractivity contribution in [1.29, 1.82) is 0 Å². The number of ether oxygens (including phenoxy) is 3. The first-order valence-corrected chi connectivity index (χ1v) is 10.7. The first kappa shape index (κ1) is 28.5. The molecule has 0 heterocycles. The molecule has 0 amide bonds. The molecule has 0 aliphatic carbocycles. The molecule has 7 nitrogen and oxygen atoms in total. The molecule has 2 rings (SSSR count). The van der Waals surface area contributed by atoms with Gasteiger partial charge < -0.3 is 19.5 Å². The van der Waals surface area contributed by atoms with Crippen LogP contribution in [-0.4, -0.2) is 58.7 Å². The van der Waals surface area contributed by atoms with Gasteiger partial charge in [0.2, 0.25) is 10.0 Å². The minimum atomic E-state index is -3.84. The van der Waals surface area contributed by atoms with Crippen molar-refractivity contribution < 1.29 is 22.6 Å². The Morgan fingerprint density at radius 3 is 2.27 bits per heavy atom. The number of methoxy groups -OCH3 is 1. The van der Waals surface area contributed by atoms with Crippen molar-refractivity contribution in [3.05, 3.63) is 48.0 Å². The number of para-hydroxylation sites is 2. The first-order valence-electron chi connectivity index (χ1n) is 9.13. The van der Waals surface area contributed by atoms with Crippen LogP contribution >= 0.6 is 12.4 Å². The van der Waals surface area contributed by atoms with Gasteiger partial charge in [-0.25, -0.2) is 13.6 Å². The third-order valence-electron chi connectivity index (χ3n) is 4.08. The summed E-state index contributed by atoms with van der Waals surface area (Å²) in [5.74, 6) is 1.69. The molecule has 0 unspecified atom stereocenters. The van der Waals surface area contributed by atoms with E-state index in [1.54, 1.807) is 12.1 Å². The lowest BCUT2D eigenvalue weighted by Crippen LogP contribution is -2.32. The van der Waals surface area contributed by atoms with E-state index >= 15 is 0 Å². The summed E-state index contributed by atoms with van der Waals surface area (Å²) in [6, 6.07) is 12.7. The Labute approximate surface area is 195 Å². The molecule has 0 aromatic heterocycles. The molecule has 0 fully saturated rings. The van der Waals surface area contributed by atoms with E-state index in [4.69, 9.17) is 19.3 Å². The van der Waals surface area contributed by atoms with Crippen molar-refractivity contribution in [2.45, 2.75) is 31.2 Å². The van der Waals surface area contributed by atoms with Crippen LogP contribution in [-0.2, 0) is 16.4 Å². The minimum absolute atomic E-state index is 0. The average molecular weight is 475 g/mol. The van der Waals surface area contributed by atoms with Gasteiger partial charge in [-0.2, -0.15) is 0 Å². The van der Waals surface area contributed by atoms with Crippen LogP contribution in [0.5, 0.6) is 17.2 Å². The zero-order valence-electron chi connectivity index (χ0n) is 16.9. The lowest BCUT2D eigenvalue weighted by molar-refractivity contribution is 0.272. The van der Waals surface area contributed by atoms with E-state index in [1.165, 1.54) is 7.11 Å². The van der Waals surface area contributed by atoms with E-state index in [0.717, 1.165) is 11.3 Å². The molecule has 0 saturated heterocycles. The molecule has 0 saturated carbocycles. The highest BCUT2D eigenvalue weighted by Crippen LogP contribution is 2.26. The maximum Gasteiger partial charge on any atom is 0.241 e. The summed E-state index contributed by atoms with van der Waals surface area (Å²) in [5.41, 5.74) is 0.854. The number of nitrogens with one attached hydrogen (secondary N) is 1. The van der Waals surface area contributed by atoms with Gasteiger partial charge in [0.25, 0.3) is 0 Å². The second-order valence-corrected chi connectivity index (χ2v) is 7.85. The number of primary sulfonamides is 1. The highest BCUT2D eigenvalue weighted by molar-refractivity contribution is 7.89. The Morgan fingerprint density at radius 2 is 1.70 bits per heavy atom. The molecule has 168 valence electrons.